The highest BCUT2D eigenvalue weighted by Gasteiger charge is 2.11. The molecule has 0 aromatic rings. The third-order valence-electron chi connectivity index (χ3n) is 1.02. The maximum absolute atomic E-state index is 10.1. The summed E-state index contributed by atoms with van der Waals surface area (Å²) in [5.41, 5.74) is 9.81. The van der Waals surface area contributed by atoms with Crippen molar-refractivity contribution in [3.8, 4) is 0 Å². The minimum atomic E-state index is -1.11. The number of carbonyl (C=O) groups is 2. The molecule has 8 heteroatoms. The number of hydrogen-bond acceptors (Lipinski definition) is 5. The van der Waals surface area contributed by atoms with Crippen LogP contribution in [0.15, 0.2) is 0 Å². The van der Waals surface area contributed by atoms with E-state index in [0.717, 1.165) is 0 Å². The number of nitrogens with two attached hydrogens (primary N) is 2. The second-order valence-electron chi connectivity index (χ2n) is 2.05. The molecule has 0 bridgehead atoms. The van der Waals surface area contributed by atoms with Crippen molar-refractivity contribution in [2.45, 2.75) is 18.9 Å². The van der Waals surface area contributed by atoms with E-state index in [4.69, 9.17) is 25.6 Å². The maximum Gasteiger partial charge on any atom is 0.320 e. The van der Waals surface area contributed by atoms with E-state index in [0.29, 0.717) is 0 Å². The lowest BCUT2D eigenvalue weighted by molar-refractivity contribution is -0.138. The number of carbonyl (C=O) groups excluding carboxylic acids is 1. The molecular formula is C5H13N3O4S. The minimum absolute atomic E-state index is 0.0213. The van der Waals surface area contributed by atoms with E-state index < -0.39 is 29.4 Å². The monoisotopic (exact) mass is 211 g/mol. The van der Waals surface area contributed by atoms with Gasteiger partial charge in [-0.3, -0.25) is 18.6 Å². The largest absolute Gasteiger partial charge is 0.480 e. The molecule has 78 valence electrons. The van der Waals surface area contributed by atoms with E-state index >= 15 is 0 Å². The molecule has 0 rings (SSSR count). The van der Waals surface area contributed by atoms with Gasteiger partial charge in [0.05, 0.1) is 0 Å². The molecule has 0 fully saturated rings. The van der Waals surface area contributed by atoms with Crippen LogP contribution in [0.3, 0.4) is 0 Å². The van der Waals surface area contributed by atoms with Crippen LogP contribution in [-0.2, 0) is 21.1 Å². The first kappa shape index (κ1) is 14.4. The van der Waals surface area contributed by atoms with Crippen molar-refractivity contribution in [2.75, 3.05) is 0 Å². The molecule has 1 amide bonds. The Kier molecular flexibility index (Phi) is 9.89. The predicted octanol–water partition coefficient (Wildman–Crippen LogP) is -1.91. The maximum atomic E-state index is 10.1. The van der Waals surface area contributed by atoms with Gasteiger partial charge < -0.3 is 16.6 Å². The van der Waals surface area contributed by atoms with Crippen molar-refractivity contribution in [1.29, 1.82) is 4.78 Å². The fourth-order valence-corrected chi connectivity index (χ4v) is 0.421. The highest BCUT2D eigenvalue weighted by atomic mass is 32.1. The lowest BCUT2D eigenvalue weighted by Gasteiger charge is -2.01. The predicted molar refractivity (Wildman–Crippen MR) is 47.7 cm³/mol. The Morgan fingerprint density at radius 2 is 1.92 bits per heavy atom. The lowest BCUT2D eigenvalue weighted by Crippen LogP contribution is -2.31. The third-order valence-corrected chi connectivity index (χ3v) is 1.02. The van der Waals surface area contributed by atoms with Crippen LogP contribution in [0, 0.1) is 4.78 Å². The zero-order chi connectivity index (χ0) is 10.9. The van der Waals surface area contributed by atoms with E-state index in [1.165, 1.54) is 0 Å². The Hall–Kier alpha value is -1.15. The number of hydrogen-bond donors (Lipinski definition) is 4. The Morgan fingerprint density at radius 1 is 1.54 bits per heavy atom. The van der Waals surface area contributed by atoms with Gasteiger partial charge in [-0.25, -0.2) is 0 Å². The molecular weight excluding hydrogens is 198 g/mol. The molecule has 0 aromatic heterocycles. The first-order valence-corrected chi connectivity index (χ1v) is 4.17. The molecule has 0 spiro atoms. The van der Waals surface area contributed by atoms with Gasteiger partial charge in [0.1, 0.15) is 6.04 Å². The van der Waals surface area contributed by atoms with Crippen molar-refractivity contribution >= 4 is 23.3 Å². The number of carboxylic acids is 1. The molecule has 0 aromatic carbocycles. The summed E-state index contributed by atoms with van der Waals surface area (Å²) < 4.78 is 14.3. The van der Waals surface area contributed by atoms with Crippen molar-refractivity contribution in [3.63, 3.8) is 0 Å². The quantitative estimate of drug-likeness (QED) is 0.428. The summed E-state index contributed by atoms with van der Waals surface area (Å²) in [6, 6.07) is -0.979. The molecule has 7 nitrogen and oxygen atoms in total. The van der Waals surface area contributed by atoms with Gasteiger partial charge >= 0.3 is 5.97 Å². The van der Waals surface area contributed by atoms with Crippen molar-refractivity contribution in [3.05, 3.63) is 0 Å². The van der Waals surface area contributed by atoms with Gasteiger partial charge in [0, 0.05) is 17.9 Å². The van der Waals surface area contributed by atoms with E-state index in [9.17, 15) is 9.59 Å². The van der Waals surface area contributed by atoms with Crippen molar-refractivity contribution in [2.24, 2.45) is 11.5 Å². The molecule has 0 heterocycles. The van der Waals surface area contributed by atoms with Gasteiger partial charge in [0.25, 0.3) is 0 Å². The first-order chi connectivity index (χ1) is 5.95. The lowest BCUT2D eigenvalue weighted by atomic mass is 10.2. The molecule has 6 N–H and O–H groups in total. The van der Waals surface area contributed by atoms with Crippen LogP contribution in [-0.4, -0.2) is 27.2 Å². The average molecular weight is 211 g/mol. The Labute approximate surface area is 78.1 Å². The Morgan fingerprint density at radius 3 is 2.15 bits per heavy atom. The van der Waals surface area contributed by atoms with Crippen LogP contribution in [0.4, 0.5) is 0 Å². The molecule has 0 aliphatic carbocycles. The van der Waals surface area contributed by atoms with E-state index in [1.807, 2.05) is 0 Å². The second-order valence-corrected chi connectivity index (χ2v) is 2.26. The van der Waals surface area contributed by atoms with Gasteiger partial charge in [-0.2, -0.15) is 0 Å². The van der Waals surface area contributed by atoms with E-state index in [1.54, 1.807) is 0 Å². The van der Waals surface area contributed by atoms with Crippen LogP contribution in [0.1, 0.15) is 12.8 Å². The summed E-state index contributed by atoms with van der Waals surface area (Å²) in [5, 5.41) is 8.22. The smallest absolute Gasteiger partial charge is 0.320 e. The van der Waals surface area contributed by atoms with Crippen LogP contribution in [0.2, 0.25) is 0 Å². The number of aliphatic carboxylic acids is 1. The Bertz CT molecular complexity index is 214. The van der Waals surface area contributed by atoms with Crippen LogP contribution in [0.25, 0.3) is 0 Å². The zero-order valence-corrected chi connectivity index (χ0v) is 7.82. The molecule has 0 aliphatic heterocycles. The summed E-state index contributed by atoms with van der Waals surface area (Å²) in [5.74, 6) is -1.64. The second kappa shape index (κ2) is 8.94. The number of nitrogens with one attached hydrogen (secondary N) is 1. The van der Waals surface area contributed by atoms with Crippen LogP contribution >= 0.6 is 0 Å². The summed E-state index contributed by atoms with van der Waals surface area (Å²) in [4.78, 5) is 20.1. The summed E-state index contributed by atoms with van der Waals surface area (Å²) in [6.07, 6.45) is 0.123. The fourth-order valence-electron chi connectivity index (χ4n) is 0.421. The van der Waals surface area contributed by atoms with Crippen molar-refractivity contribution in [1.82, 2.24) is 0 Å². The SMILES string of the molecule is N=[SH2]=O.NC(=O)CCC(N)C(=O)O. The minimum Gasteiger partial charge on any atom is -0.480 e. The fraction of sp³-hybridized carbons (Fsp3) is 0.600. The molecule has 1 unspecified atom stereocenters. The summed E-state index contributed by atoms with van der Waals surface area (Å²) in [7, 11) is 0. The molecule has 0 saturated heterocycles. The normalized spacial score (nSPS) is 11.8. The number of rotatable bonds is 4. The molecule has 0 saturated carbocycles. The first-order valence-electron chi connectivity index (χ1n) is 3.26. The number of primary amides is 1. The van der Waals surface area contributed by atoms with Crippen molar-refractivity contribution < 1.29 is 18.9 Å². The van der Waals surface area contributed by atoms with E-state index in [-0.39, 0.29) is 12.8 Å². The van der Waals surface area contributed by atoms with Gasteiger partial charge in [-0.15, -0.1) is 0 Å². The molecule has 0 aliphatic rings. The number of amides is 1. The topological polar surface area (TPSA) is 147 Å². The van der Waals surface area contributed by atoms with Gasteiger partial charge in [0.2, 0.25) is 5.91 Å². The zero-order valence-electron chi connectivity index (χ0n) is 6.82. The highest BCUT2D eigenvalue weighted by Crippen LogP contribution is 1.92. The van der Waals surface area contributed by atoms with Gasteiger partial charge in [-0.1, -0.05) is 0 Å². The van der Waals surface area contributed by atoms with Crippen LogP contribution in [0.5, 0.6) is 0 Å². The van der Waals surface area contributed by atoms with E-state index in [2.05, 4.69) is 0 Å². The summed E-state index contributed by atoms with van der Waals surface area (Å²) >= 11 is -0.917. The number of carboxylic acid groups (broad SMARTS) is 1. The average Bonchev–Trinajstić information content (AvgIpc) is 2.01. The molecule has 1 atom stereocenters. The van der Waals surface area contributed by atoms with Gasteiger partial charge in [-0.05, 0) is 6.42 Å². The Balaban J connectivity index is 0. The summed E-state index contributed by atoms with van der Waals surface area (Å²) in [6.45, 7) is 0. The van der Waals surface area contributed by atoms with Crippen LogP contribution < -0.4 is 11.5 Å². The standard InChI is InChI=1S/C5H10N2O3.H3NOS/c6-3(5(9)10)1-2-4(7)8;1-3-2/h3H,1-2,6H2,(H2,7,8)(H,9,10);1H,3H2. The third kappa shape index (κ3) is 13.8. The van der Waals surface area contributed by atoms with Gasteiger partial charge in [0.15, 0.2) is 0 Å². The molecule has 0 radical (unpaired) electrons. The highest BCUT2D eigenvalue weighted by molar-refractivity contribution is 7.53. The molecule has 13 heavy (non-hydrogen) atoms.